The molecule has 1 N–H and O–H groups in total. The van der Waals surface area contributed by atoms with E-state index in [1.54, 1.807) is 54.6 Å². The topological polar surface area (TPSA) is 101 Å². The molecular formula is C23H22N6O3. The van der Waals surface area contributed by atoms with Crippen LogP contribution in [0.3, 0.4) is 0 Å². The molecule has 3 aromatic rings. The molecule has 0 aliphatic carbocycles. The first-order chi connectivity index (χ1) is 15.5. The normalized spacial score (nSPS) is 16.8. The summed E-state index contributed by atoms with van der Waals surface area (Å²) in [5.41, 5.74) is 3.73. The number of anilines is 3. The zero-order valence-corrected chi connectivity index (χ0v) is 17.8. The second-order valence-electron chi connectivity index (χ2n) is 8.01. The third kappa shape index (κ3) is 3.62. The molecule has 162 valence electrons. The summed E-state index contributed by atoms with van der Waals surface area (Å²) in [6.45, 7) is 0.480. The third-order valence-corrected chi connectivity index (χ3v) is 5.61. The van der Waals surface area contributed by atoms with Crippen LogP contribution in [0, 0.1) is 0 Å². The Kier molecular flexibility index (Phi) is 4.93. The maximum Gasteiger partial charge on any atom is 0.253 e. The summed E-state index contributed by atoms with van der Waals surface area (Å²) in [5, 5.41) is 3.14. The highest BCUT2D eigenvalue weighted by Gasteiger charge is 2.38. The van der Waals surface area contributed by atoms with Gasteiger partial charge in [0.2, 0.25) is 17.7 Å². The van der Waals surface area contributed by atoms with Gasteiger partial charge in [0, 0.05) is 44.0 Å². The van der Waals surface area contributed by atoms with Gasteiger partial charge in [0.25, 0.3) is 5.91 Å². The number of carbonyl (C=O) groups excluding carboxylic acids is 2. The van der Waals surface area contributed by atoms with Crippen molar-refractivity contribution >= 4 is 29.1 Å². The Morgan fingerprint density at radius 1 is 1.09 bits per heavy atom. The van der Waals surface area contributed by atoms with E-state index in [2.05, 4.69) is 20.3 Å². The van der Waals surface area contributed by atoms with Crippen LogP contribution < -0.4 is 15.0 Å². The average Bonchev–Trinajstić information content (AvgIpc) is 3.20. The van der Waals surface area contributed by atoms with Crippen LogP contribution in [0.2, 0.25) is 0 Å². The Labute approximate surface area is 185 Å². The molecule has 0 bridgehead atoms. The van der Waals surface area contributed by atoms with E-state index in [0.29, 0.717) is 41.8 Å². The maximum atomic E-state index is 12.3. The van der Waals surface area contributed by atoms with Crippen molar-refractivity contribution < 1.29 is 14.3 Å². The lowest BCUT2D eigenvalue weighted by Gasteiger charge is -2.31. The molecule has 1 atom stereocenters. The number of ether oxygens (including phenoxy) is 1. The van der Waals surface area contributed by atoms with Crippen LogP contribution in [0.25, 0.3) is 11.1 Å². The minimum Gasteiger partial charge on any atom is -0.474 e. The number of hydrogen-bond donors (Lipinski definition) is 1. The van der Waals surface area contributed by atoms with Crippen molar-refractivity contribution in [3.05, 3.63) is 54.5 Å². The molecule has 1 fully saturated rings. The SMILES string of the molecule is CN(C)C(=O)c1ccc(-c2cnc(Nc3cnc4c(c3)N3C(=O)CCC3CO4)nc2)cc1. The summed E-state index contributed by atoms with van der Waals surface area (Å²) < 4.78 is 5.70. The fourth-order valence-corrected chi connectivity index (χ4v) is 3.93. The molecule has 9 nitrogen and oxygen atoms in total. The van der Waals surface area contributed by atoms with E-state index >= 15 is 0 Å². The van der Waals surface area contributed by atoms with Crippen LogP contribution in [-0.4, -0.2) is 58.4 Å². The van der Waals surface area contributed by atoms with Gasteiger partial charge in [-0.3, -0.25) is 9.59 Å². The number of rotatable bonds is 4. The highest BCUT2D eigenvalue weighted by molar-refractivity contribution is 5.98. The molecule has 0 radical (unpaired) electrons. The van der Waals surface area contributed by atoms with Crippen molar-refractivity contribution in [2.45, 2.75) is 18.9 Å². The van der Waals surface area contributed by atoms with E-state index in [1.165, 1.54) is 0 Å². The van der Waals surface area contributed by atoms with Gasteiger partial charge < -0.3 is 19.9 Å². The minimum absolute atomic E-state index is 0.0432. The number of fused-ring (bicyclic) bond motifs is 3. The molecule has 9 heteroatoms. The fraction of sp³-hybridized carbons (Fsp3) is 0.261. The van der Waals surface area contributed by atoms with Gasteiger partial charge in [0.15, 0.2) is 0 Å². The summed E-state index contributed by atoms with van der Waals surface area (Å²) in [7, 11) is 3.45. The first-order valence-electron chi connectivity index (χ1n) is 10.4. The van der Waals surface area contributed by atoms with Crippen molar-refractivity contribution in [1.82, 2.24) is 19.9 Å². The zero-order valence-electron chi connectivity index (χ0n) is 17.8. The molecule has 0 saturated carbocycles. The van der Waals surface area contributed by atoms with E-state index in [4.69, 9.17) is 4.74 Å². The Balaban J connectivity index is 1.32. The second-order valence-corrected chi connectivity index (χ2v) is 8.01. The van der Waals surface area contributed by atoms with Gasteiger partial charge >= 0.3 is 0 Å². The highest BCUT2D eigenvalue weighted by atomic mass is 16.5. The third-order valence-electron chi connectivity index (χ3n) is 5.61. The van der Waals surface area contributed by atoms with Crippen LogP contribution in [-0.2, 0) is 4.79 Å². The first-order valence-corrected chi connectivity index (χ1v) is 10.4. The van der Waals surface area contributed by atoms with E-state index < -0.39 is 0 Å². The number of pyridine rings is 1. The molecule has 0 spiro atoms. The molecule has 2 amide bonds. The van der Waals surface area contributed by atoms with Crippen molar-refractivity contribution in [1.29, 1.82) is 0 Å². The zero-order chi connectivity index (χ0) is 22.2. The molecule has 4 heterocycles. The summed E-state index contributed by atoms with van der Waals surface area (Å²) in [4.78, 5) is 40.8. The predicted octanol–water partition coefficient (Wildman–Crippen LogP) is 2.87. The van der Waals surface area contributed by atoms with E-state index in [1.807, 2.05) is 18.2 Å². The summed E-state index contributed by atoms with van der Waals surface area (Å²) >= 11 is 0. The summed E-state index contributed by atoms with van der Waals surface area (Å²) in [5.74, 6) is 0.932. The second kappa shape index (κ2) is 7.92. The molecule has 32 heavy (non-hydrogen) atoms. The quantitative estimate of drug-likeness (QED) is 0.679. The first kappa shape index (κ1) is 19.9. The Morgan fingerprint density at radius 3 is 2.56 bits per heavy atom. The lowest BCUT2D eigenvalue weighted by Crippen LogP contribution is -2.40. The summed E-state index contributed by atoms with van der Waals surface area (Å²) in [6.07, 6.45) is 6.39. The van der Waals surface area contributed by atoms with Crippen molar-refractivity contribution in [2.75, 3.05) is 30.9 Å². The van der Waals surface area contributed by atoms with Gasteiger partial charge in [-0.1, -0.05) is 12.1 Å². The van der Waals surface area contributed by atoms with Gasteiger partial charge in [-0.15, -0.1) is 0 Å². The van der Waals surface area contributed by atoms with Crippen LogP contribution >= 0.6 is 0 Å². The minimum atomic E-state index is -0.0432. The van der Waals surface area contributed by atoms with E-state index in [9.17, 15) is 9.59 Å². The predicted molar refractivity (Wildman–Crippen MR) is 119 cm³/mol. The van der Waals surface area contributed by atoms with E-state index in [0.717, 1.165) is 17.5 Å². The maximum absolute atomic E-state index is 12.3. The molecule has 2 aromatic heterocycles. The number of benzene rings is 1. The van der Waals surface area contributed by atoms with Crippen molar-refractivity contribution in [2.24, 2.45) is 0 Å². The smallest absolute Gasteiger partial charge is 0.253 e. The Bertz CT molecular complexity index is 1180. The number of carbonyl (C=O) groups is 2. The number of nitrogens with zero attached hydrogens (tertiary/aromatic N) is 5. The van der Waals surface area contributed by atoms with Crippen molar-refractivity contribution in [3.63, 3.8) is 0 Å². The Hall–Kier alpha value is -4.01. The standard InChI is InChI=1S/C23H22N6O3/c1-28(2)22(31)15-5-3-14(4-6-15)16-10-25-23(26-11-16)27-17-9-19-21(24-12-17)32-13-18-7-8-20(30)29(18)19/h3-6,9-12,18H,7-8,13H2,1-2H3,(H,25,26,27). The fourth-order valence-electron chi connectivity index (χ4n) is 3.93. The average molecular weight is 430 g/mol. The largest absolute Gasteiger partial charge is 0.474 e. The monoisotopic (exact) mass is 430 g/mol. The van der Waals surface area contributed by atoms with Crippen LogP contribution in [0.5, 0.6) is 5.88 Å². The number of hydrogen-bond acceptors (Lipinski definition) is 7. The molecule has 1 unspecified atom stereocenters. The van der Waals surface area contributed by atoms with Crippen LogP contribution in [0.4, 0.5) is 17.3 Å². The Morgan fingerprint density at radius 2 is 1.84 bits per heavy atom. The molecule has 2 aliphatic heterocycles. The van der Waals surface area contributed by atoms with E-state index in [-0.39, 0.29) is 17.9 Å². The molecule has 1 aromatic carbocycles. The number of amides is 2. The van der Waals surface area contributed by atoms with Crippen LogP contribution in [0.1, 0.15) is 23.2 Å². The lowest BCUT2D eigenvalue weighted by atomic mass is 10.1. The van der Waals surface area contributed by atoms with Crippen molar-refractivity contribution in [3.8, 4) is 17.0 Å². The van der Waals surface area contributed by atoms with Gasteiger partial charge in [0.05, 0.1) is 17.9 Å². The number of nitrogens with one attached hydrogen (secondary N) is 1. The molecular weight excluding hydrogens is 408 g/mol. The molecule has 5 rings (SSSR count). The van der Waals surface area contributed by atoms with Gasteiger partial charge in [-0.05, 0) is 30.2 Å². The molecule has 2 aliphatic rings. The summed E-state index contributed by atoms with van der Waals surface area (Å²) in [6, 6.07) is 9.24. The number of aromatic nitrogens is 3. The highest BCUT2D eigenvalue weighted by Crippen LogP contribution is 2.38. The van der Waals surface area contributed by atoms with Crippen LogP contribution in [0.15, 0.2) is 48.9 Å². The van der Waals surface area contributed by atoms with Gasteiger partial charge in [-0.25, -0.2) is 15.0 Å². The van der Waals surface area contributed by atoms with Gasteiger partial charge in [0.1, 0.15) is 12.3 Å². The lowest BCUT2D eigenvalue weighted by molar-refractivity contribution is -0.117. The van der Waals surface area contributed by atoms with Gasteiger partial charge in [-0.2, -0.15) is 0 Å². The molecule has 1 saturated heterocycles.